The zero-order valence-corrected chi connectivity index (χ0v) is 20.1. The van der Waals surface area contributed by atoms with Crippen LogP contribution >= 0.6 is 11.6 Å². The summed E-state index contributed by atoms with van der Waals surface area (Å²) in [5, 5.41) is 8.11. The third-order valence-corrected chi connectivity index (χ3v) is 6.06. The third kappa shape index (κ3) is 5.47. The number of nitrogens with zero attached hydrogens (tertiary/aromatic N) is 7. The van der Waals surface area contributed by atoms with E-state index in [9.17, 15) is 4.79 Å². The van der Waals surface area contributed by atoms with Crippen LogP contribution in [0.2, 0.25) is 5.15 Å². The maximum absolute atomic E-state index is 11.6. The highest BCUT2D eigenvalue weighted by Crippen LogP contribution is 2.24. The van der Waals surface area contributed by atoms with E-state index in [1.54, 1.807) is 25.4 Å². The molecule has 1 saturated heterocycles. The van der Waals surface area contributed by atoms with Crippen LogP contribution in [0.1, 0.15) is 12.6 Å². The number of pyridine rings is 1. The molecule has 0 unspecified atom stereocenters. The number of aromatic nitrogens is 5. The molecule has 0 bridgehead atoms. The molecule has 3 aromatic heterocycles. The first kappa shape index (κ1) is 22.9. The van der Waals surface area contributed by atoms with Crippen molar-refractivity contribution >= 4 is 29.1 Å². The SMILES string of the molecule is CC(=O)N1CCN(Cc2cc(Nc3nccc(-c4ccnn4-c4ccccc4)n3)cc(Cl)n2)CC1. The summed E-state index contributed by atoms with van der Waals surface area (Å²) in [5.41, 5.74) is 4.16. The molecule has 178 valence electrons. The minimum Gasteiger partial charge on any atom is -0.340 e. The summed E-state index contributed by atoms with van der Waals surface area (Å²) in [5.74, 6) is 0.567. The Balaban J connectivity index is 1.32. The van der Waals surface area contributed by atoms with Crippen molar-refractivity contribution in [1.82, 2.24) is 34.5 Å². The van der Waals surface area contributed by atoms with E-state index in [2.05, 4.69) is 25.3 Å². The van der Waals surface area contributed by atoms with Gasteiger partial charge >= 0.3 is 0 Å². The molecule has 9 nitrogen and oxygen atoms in total. The molecule has 10 heteroatoms. The van der Waals surface area contributed by atoms with E-state index < -0.39 is 0 Å². The molecule has 35 heavy (non-hydrogen) atoms. The molecule has 0 spiro atoms. The van der Waals surface area contributed by atoms with Gasteiger partial charge in [0, 0.05) is 51.5 Å². The number of hydrogen-bond donors (Lipinski definition) is 1. The van der Waals surface area contributed by atoms with Crippen molar-refractivity contribution in [2.45, 2.75) is 13.5 Å². The predicted octanol–water partition coefficient (Wildman–Crippen LogP) is 3.79. The number of piperazine rings is 1. The Hall–Kier alpha value is -3.82. The highest BCUT2D eigenvalue weighted by molar-refractivity contribution is 6.29. The number of para-hydroxylation sites is 1. The number of anilines is 2. The standard InChI is InChI=1S/C25H25ClN8O/c1-18(35)33-13-11-32(12-14-33)17-20-15-19(16-24(26)29-20)30-25-27-9-7-22(31-25)23-8-10-28-34(23)21-5-3-2-4-6-21/h2-10,15-16H,11-14,17H2,1H3,(H,27,29,30,31). The maximum Gasteiger partial charge on any atom is 0.227 e. The summed E-state index contributed by atoms with van der Waals surface area (Å²) in [6.45, 7) is 5.31. The first-order valence-corrected chi connectivity index (χ1v) is 11.8. The molecule has 1 amide bonds. The van der Waals surface area contributed by atoms with Crippen LogP contribution in [0.3, 0.4) is 0 Å². The molecule has 1 fully saturated rings. The van der Waals surface area contributed by atoms with Gasteiger partial charge in [0.15, 0.2) is 0 Å². The molecule has 0 saturated carbocycles. The van der Waals surface area contributed by atoms with Gasteiger partial charge in [-0.25, -0.2) is 19.6 Å². The Morgan fingerprint density at radius 1 is 1.00 bits per heavy atom. The van der Waals surface area contributed by atoms with Gasteiger partial charge in [0.1, 0.15) is 5.15 Å². The van der Waals surface area contributed by atoms with Crippen LogP contribution in [0.15, 0.2) is 67.0 Å². The Bertz CT molecular complexity index is 1320. The fourth-order valence-electron chi connectivity index (χ4n) is 4.12. The van der Waals surface area contributed by atoms with Crippen LogP contribution in [0.25, 0.3) is 17.1 Å². The minimum atomic E-state index is 0.117. The Labute approximate surface area is 208 Å². The van der Waals surface area contributed by atoms with Gasteiger partial charge in [0.25, 0.3) is 0 Å². The van der Waals surface area contributed by atoms with E-state index in [0.717, 1.165) is 54.6 Å². The first-order valence-electron chi connectivity index (χ1n) is 11.4. The number of nitrogens with one attached hydrogen (secondary N) is 1. The van der Waals surface area contributed by atoms with Crippen LogP contribution < -0.4 is 5.32 Å². The van der Waals surface area contributed by atoms with E-state index in [-0.39, 0.29) is 5.91 Å². The predicted molar refractivity (Wildman–Crippen MR) is 135 cm³/mol. The Morgan fingerprint density at radius 2 is 1.80 bits per heavy atom. The van der Waals surface area contributed by atoms with Crippen molar-refractivity contribution in [1.29, 1.82) is 0 Å². The number of benzene rings is 1. The quantitative estimate of drug-likeness (QED) is 0.413. The summed E-state index contributed by atoms with van der Waals surface area (Å²) >= 11 is 6.32. The fraction of sp³-hybridized carbons (Fsp3) is 0.240. The second-order valence-electron chi connectivity index (χ2n) is 8.31. The molecule has 1 N–H and O–H groups in total. The van der Waals surface area contributed by atoms with Crippen LogP contribution in [0, 0.1) is 0 Å². The lowest BCUT2D eigenvalue weighted by Crippen LogP contribution is -2.47. The zero-order chi connectivity index (χ0) is 24.2. The number of rotatable bonds is 6. The van der Waals surface area contributed by atoms with E-state index in [4.69, 9.17) is 16.6 Å². The van der Waals surface area contributed by atoms with Gasteiger partial charge in [-0.1, -0.05) is 29.8 Å². The highest BCUT2D eigenvalue weighted by atomic mass is 35.5. The summed E-state index contributed by atoms with van der Waals surface area (Å²) in [4.78, 5) is 29.3. The smallest absolute Gasteiger partial charge is 0.227 e. The largest absolute Gasteiger partial charge is 0.340 e. The van der Waals surface area contributed by atoms with Crippen LogP contribution in [0.5, 0.6) is 0 Å². The third-order valence-electron chi connectivity index (χ3n) is 5.87. The van der Waals surface area contributed by atoms with E-state index in [1.807, 2.05) is 58.1 Å². The average Bonchev–Trinajstić information content (AvgIpc) is 3.35. The van der Waals surface area contributed by atoms with E-state index in [0.29, 0.717) is 17.6 Å². The second-order valence-corrected chi connectivity index (χ2v) is 8.69. The van der Waals surface area contributed by atoms with Gasteiger partial charge in [-0.3, -0.25) is 9.69 Å². The summed E-state index contributed by atoms with van der Waals surface area (Å²) < 4.78 is 1.85. The number of amides is 1. The van der Waals surface area contributed by atoms with Gasteiger partial charge in [-0.15, -0.1) is 0 Å². The molecule has 0 aliphatic carbocycles. The molecule has 4 heterocycles. The molecule has 0 radical (unpaired) electrons. The van der Waals surface area contributed by atoms with Crippen molar-refractivity contribution < 1.29 is 4.79 Å². The zero-order valence-electron chi connectivity index (χ0n) is 19.3. The lowest BCUT2D eigenvalue weighted by molar-refractivity contribution is -0.130. The summed E-state index contributed by atoms with van der Waals surface area (Å²) in [6.07, 6.45) is 3.47. The van der Waals surface area contributed by atoms with Crippen molar-refractivity contribution in [3.63, 3.8) is 0 Å². The van der Waals surface area contributed by atoms with Gasteiger partial charge in [0.2, 0.25) is 11.9 Å². The van der Waals surface area contributed by atoms with Gasteiger partial charge in [0.05, 0.1) is 29.0 Å². The van der Waals surface area contributed by atoms with Gasteiger partial charge in [-0.2, -0.15) is 5.10 Å². The molecular formula is C25H25ClN8O. The molecule has 1 aliphatic rings. The van der Waals surface area contributed by atoms with Crippen LogP contribution in [-0.2, 0) is 11.3 Å². The number of hydrogen-bond acceptors (Lipinski definition) is 7. The molecule has 4 aromatic rings. The highest BCUT2D eigenvalue weighted by Gasteiger charge is 2.19. The molecule has 1 aromatic carbocycles. The van der Waals surface area contributed by atoms with Crippen molar-refractivity contribution in [3.05, 3.63) is 77.8 Å². The molecule has 5 rings (SSSR count). The molecule has 0 atom stereocenters. The Morgan fingerprint density at radius 3 is 2.57 bits per heavy atom. The lowest BCUT2D eigenvalue weighted by Gasteiger charge is -2.34. The summed E-state index contributed by atoms with van der Waals surface area (Å²) in [7, 11) is 0. The van der Waals surface area contributed by atoms with Gasteiger partial charge < -0.3 is 10.2 Å². The van der Waals surface area contributed by atoms with Crippen molar-refractivity contribution in [2.75, 3.05) is 31.5 Å². The minimum absolute atomic E-state index is 0.117. The normalized spacial score (nSPS) is 14.2. The lowest BCUT2D eigenvalue weighted by atomic mass is 10.2. The second kappa shape index (κ2) is 10.2. The first-order chi connectivity index (χ1) is 17.0. The molecule has 1 aliphatic heterocycles. The average molecular weight is 489 g/mol. The topological polar surface area (TPSA) is 92.1 Å². The number of carbonyl (C=O) groups is 1. The van der Waals surface area contributed by atoms with Crippen LogP contribution in [0.4, 0.5) is 11.6 Å². The maximum atomic E-state index is 11.6. The van der Waals surface area contributed by atoms with Crippen molar-refractivity contribution in [2.24, 2.45) is 0 Å². The van der Waals surface area contributed by atoms with E-state index in [1.165, 1.54) is 0 Å². The monoisotopic (exact) mass is 488 g/mol. The van der Waals surface area contributed by atoms with Crippen molar-refractivity contribution in [3.8, 4) is 17.1 Å². The van der Waals surface area contributed by atoms with Gasteiger partial charge in [-0.05, 0) is 36.4 Å². The Kier molecular flexibility index (Phi) is 6.69. The van der Waals surface area contributed by atoms with E-state index >= 15 is 0 Å². The number of halogens is 1. The fourth-order valence-corrected chi connectivity index (χ4v) is 4.34. The number of carbonyl (C=O) groups excluding carboxylic acids is 1. The molecular weight excluding hydrogens is 464 g/mol. The summed E-state index contributed by atoms with van der Waals surface area (Å²) in [6, 6.07) is 17.4. The van der Waals surface area contributed by atoms with Crippen LogP contribution in [-0.4, -0.2) is 66.6 Å².